The van der Waals surface area contributed by atoms with Gasteiger partial charge in [0.05, 0.1) is 0 Å². The van der Waals surface area contributed by atoms with Gasteiger partial charge in [0.25, 0.3) is 5.91 Å². The highest BCUT2D eigenvalue weighted by Crippen LogP contribution is 2.26. The number of aromatic nitrogens is 2. The van der Waals surface area contributed by atoms with Crippen molar-refractivity contribution in [3.8, 4) is 11.5 Å². The van der Waals surface area contributed by atoms with Crippen LogP contribution in [0.25, 0.3) is 22.6 Å². The van der Waals surface area contributed by atoms with Gasteiger partial charge in [0.15, 0.2) is 5.58 Å². The van der Waals surface area contributed by atoms with Crippen molar-refractivity contribution in [2.24, 2.45) is 0 Å². The minimum atomic E-state index is -0.366. The van der Waals surface area contributed by atoms with Crippen molar-refractivity contribution in [1.29, 1.82) is 0 Å². The molecule has 26 heavy (non-hydrogen) atoms. The Bertz CT molecular complexity index is 1110. The number of amides is 1. The average Bonchev–Trinajstić information content (AvgIpc) is 3.07. The third-order valence-corrected chi connectivity index (χ3v) is 3.93. The maximum absolute atomic E-state index is 12.9. The molecule has 0 saturated carbocycles. The summed E-state index contributed by atoms with van der Waals surface area (Å²) in [7, 11) is 0. The lowest BCUT2D eigenvalue weighted by atomic mass is 10.2. The normalized spacial score (nSPS) is 10.8. The van der Waals surface area contributed by atoms with Crippen molar-refractivity contribution in [3.05, 3.63) is 77.3 Å². The third kappa shape index (κ3) is 3.27. The molecule has 0 aliphatic carbocycles. The SMILES string of the molecule is O=C(Nc1ccc(F)cc1)c1ccc2nc(-c3ccnc(Cl)c3)oc2c1. The lowest BCUT2D eigenvalue weighted by Gasteiger charge is -2.04. The molecule has 1 amide bonds. The Morgan fingerprint density at radius 2 is 1.88 bits per heavy atom. The number of carbonyl (C=O) groups is 1. The van der Waals surface area contributed by atoms with Crippen LogP contribution in [0.1, 0.15) is 10.4 Å². The number of halogens is 2. The molecular weight excluding hydrogens is 357 g/mol. The van der Waals surface area contributed by atoms with Crippen LogP contribution in [0.5, 0.6) is 0 Å². The van der Waals surface area contributed by atoms with Gasteiger partial charge in [0.1, 0.15) is 16.5 Å². The Labute approximate surface area is 152 Å². The number of hydrogen-bond acceptors (Lipinski definition) is 4. The summed E-state index contributed by atoms with van der Waals surface area (Å²) in [4.78, 5) is 20.7. The summed E-state index contributed by atoms with van der Waals surface area (Å²) in [5.41, 5.74) is 2.68. The minimum absolute atomic E-state index is 0.330. The lowest BCUT2D eigenvalue weighted by Crippen LogP contribution is -2.11. The zero-order valence-corrected chi connectivity index (χ0v) is 14.0. The molecule has 0 saturated heterocycles. The fraction of sp³-hybridized carbons (Fsp3) is 0. The summed E-state index contributed by atoms with van der Waals surface area (Å²) in [6, 6.07) is 13.9. The topological polar surface area (TPSA) is 68.0 Å². The van der Waals surface area contributed by atoms with Crippen LogP contribution in [0, 0.1) is 5.82 Å². The van der Waals surface area contributed by atoms with E-state index in [1.54, 1.807) is 36.5 Å². The fourth-order valence-corrected chi connectivity index (χ4v) is 2.64. The molecule has 0 atom stereocenters. The second-order valence-corrected chi connectivity index (χ2v) is 5.92. The monoisotopic (exact) mass is 367 g/mol. The van der Waals surface area contributed by atoms with Crippen molar-refractivity contribution in [2.75, 3.05) is 5.32 Å². The van der Waals surface area contributed by atoms with Gasteiger partial charge in [-0.1, -0.05) is 11.6 Å². The molecule has 0 radical (unpaired) electrons. The number of nitrogens with zero attached hydrogens (tertiary/aromatic N) is 2. The number of oxazole rings is 1. The number of pyridine rings is 1. The molecule has 5 nitrogen and oxygen atoms in total. The summed E-state index contributed by atoms with van der Waals surface area (Å²) >= 11 is 5.89. The smallest absolute Gasteiger partial charge is 0.255 e. The van der Waals surface area contributed by atoms with Crippen LogP contribution in [0.2, 0.25) is 5.15 Å². The molecular formula is C19H11ClFN3O2. The molecule has 2 aromatic heterocycles. The van der Waals surface area contributed by atoms with Crippen LogP contribution < -0.4 is 5.32 Å². The molecule has 1 N–H and O–H groups in total. The predicted molar refractivity (Wildman–Crippen MR) is 96.6 cm³/mol. The van der Waals surface area contributed by atoms with Gasteiger partial charge in [0.2, 0.25) is 5.89 Å². The van der Waals surface area contributed by atoms with Crippen LogP contribution in [-0.2, 0) is 0 Å². The number of rotatable bonds is 3. The molecule has 0 unspecified atom stereocenters. The van der Waals surface area contributed by atoms with E-state index in [2.05, 4.69) is 15.3 Å². The minimum Gasteiger partial charge on any atom is -0.436 e. The number of anilines is 1. The molecule has 0 spiro atoms. The number of carbonyl (C=O) groups excluding carboxylic acids is 1. The van der Waals surface area contributed by atoms with Crippen molar-refractivity contribution in [1.82, 2.24) is 9.97 Å². The van der Waals surface area contributed by atoms with E-state index in [9.17, 15) is 9.18 Å². The standard InChI is InChI=1S/C19H11ClFN3O2/c20-17-10-12(7-8-22-17)19-24-15-6-1-11(9-16(15)26-19)18(25)23-14-4-2-13(21)3-5-14/h1-10H,(H,23,25). The first-order valence-corrected chi connectivity index (χ1v) is 8.06. The van der Waals surface area contributed by atoms with Crippen LogP contribution in [0.15, 0.2) is 65.2 Å². The molecule has 2 heterocycles. The van der Waals surface area contributed by atoms with Crippen LogP contribution in [0.3, 0.4) is 0 Å². The number of nitrogens with one attached hydrogen (secondary N) is 1. The quantitative estimate of drug-likeness (QED) is 0.521. The van der Waals surface area contributed by atoms with Crippen LogP contribution in [0.4, 0.5) is 10.1 Å². The number of fused-ring (bicyclic) bond motifs is 1. The molecule has 128 valence electrons. The molecule has 7 heteroatoms. The van der Waals surface area contributed by atoms with Gasteiger partial charge in [-0.3, -0.25) is 4.79 Å². The van der Waals surface area contributed by atoms with Gasteiger partial charge in [0, 0.05) is 23.0 Å². The van der Waals surface area contributed by atoms with Gasteiger partial charge in [-0.25, -0.2) is 14.4 Å². The number of hydrogen-bond donors (Lipinski definition) is 1. The molecule has 0 aliphatic rings. The van der Waals surface area contributed by atoms with E-state index in [1.807, 2.05) is 0 Å². The third-order valence-electron chi connectivity index (χ3n) is 3.73. The van der Waals surface area contributed by atoms with E-state index in [0.717, 1.165) is 0 Å². The number of benzene rings is 2. The molecule has 2 aromatic carbocycles. The Balaban J connectivity index is 1.63. The first-order chi connectivity index (χ1) is 12.6. The van der Waals surface area contributed by atoms with Crippen molar-refractivity contribution < 1.29 is 13.6 Å². The highest BCUT2D eigenvalue weighted by atomic mass is 35.5. The Kier molecular flexibility index (Phi) is 4.10. The Hall–Kier alpha value is -3.25. The maximum atomic E-state index is 12.9. The molecule has 4 aromatic rings. The summed E-state index contributed by atoms with van der Waals surface area (Å²) in [6.07, 6.45) is 1.56. The van der Waals surface area contributed by atoms with E-state index >= 15 is 0 Å². The van der Waals surface area contributed by atoms with Crippen molar-refractivity contribution in [3.63, 3.8) is 0 Å². The Morgan fingerprint density at radius 3 is 2.65 bits per heavy atom. The first-order valence-electron chi connectivity index (χ1n) is 7.68. The summed E-state index contributed by atoms with van der Waals surface area (Å²) < 4.78 is 18.7. The van der Waals surface area contributed by atoms with E-state index < -0.39 is 0 Å². The maximum Gasteiger partial charge on any atom is 0.255 e. The lowest BCUT2D eigenvalue weighted by molar-refractivity contribution is 0.102. The fourth-order valence-electron chi connectivity index (χ4n) is 2.46. The van der Waals surface area contributed by atoms with E-state index in [4.69, 9.17) is 16.0 Å². The largest absolute Gasteiger partial charge is 0.436 e. The van der Waals surface area contributed by atoms with E-state index in [-0.39, 0.29) is 11.7 Å². The van der Waals surface area contributed by atoms with Gasteiger partial charge in [-0.2, -0.15) is 0 Å². The predicted octanol–water partition coefficient (Wildman–Crippen LogP) is 4.93. The van der Waals surface area contributed by atoms with Gasteiger partial charge in [-0.15, -0.1) is 0 Å². The van der Waals surface area contributed by atoms with E-state index in [0.29, 0.717) is 39.0 Å². The zero-order valence-electron chi connectivity index (χ0n) is 13.2. The second kappa shape index (κ2) is 6.57. The molecule has 4 rings (SSSR count). The second-order valence-electron chi connectivity index (χ2n) is 5.53. The van der Waals surface area contributed by atoms with Crippen molar-refractivity contribution in [2.45, 2.75) is 0 Å². The highest BCUT2D eigenvalue weighted by molar-refractivity contribution is 6.29. The van der Waals surface area contributed by atoms with Gasteiger partial charge >= 0.3 is 0 Å². The highest BCUT2D eigenvalue weighted by Gasteiger charge is 2.13. The van der Waals surface area contributed by atoms with Gasteiger partial charge < -0.3 is 9.73 Å². The molecule has 0 fully saturated rings. The Morgan fingerprint density at radius 1 is 1.08 bits per heavy atom. The molecule has 0 aliphatic heterocycles. The van der Waals surface area contributed by atoms with Gasteiger partial charge in [-0.05, 0) is 54.6 Å². The summed E-state index contributed by atoms with van der Waals surface area (Å²) in [5, 5.41) is 3.04. The zero-order chi connectivity index (χ0) is 18.1. The van der Waals surface area contributed by atoms with Crippen LogP contribution in [-0.4, -0.2) is 15.9 Å². The average molecular weight is 368 g/mol. The first kappa shape index (κ1) is 16.2. The summed E-state index contributed by atoms with van der Waals surface area (Å²) in [5.74, 6) is -0.307. The van der Waals surface area contributed by atoms with E-state index in [1.165, 1.54) is 24.3 Å². The molecule has 0 bridgehead atoms. The van der Waals surface area contributed by atoms with Crippen LogP contribution >= 0.6 is 11.6 Å². The van der Waals surface area contributed by atoms with Crippen molar-refractivity contribution >= 4 is 34.3 Å². The summed E-state index contributed by atoms with van der Waals surface area (Å²) in [6.45, 7) is 0.